The molecule has 3 amide bonds. The Balaban J connectivity index is 1.94. The van der Waals surface area contributed by atoms with E-state index in [9.17, 15) is 14.0 Å². The summed E-state index contributed by atoms with van der Waals surface area (Å²) in [4.78, 5) is 24.6. The minimum atomic E-state index is -0.557. The average Bonchev–Trinajstić information content (AvgIpc) is 3.04. The second-order valence-electron chi connectivity index (χ2n) is 5.32. The predicted molar refractivity (Wildman–Crippen MR) is 77.2 cm³/mol. The van der Waals surface area contributed by atoms with Crippen LogP contribution < -0.4 is 15.5 Å². The van der Waals surface area contributed by atoms with Gasteiger partial charge in [0.15, 0.2) is 0 Å². The Kier molecular flexibility index (Phi) is 3.37. The lowest BCUT2D eigenvalue weighted by Crippen LogP contribution is -2.22. The van der Waals surface area contributed by atoms with Crippen LogP contribution in [0.3, 0.4) is 0 Å². The molecule has 2 heterocycles. The van der Waals surface area contributed by atoms with Gasteiger partial charge in [0.1, 0.15) is 11.5 Å². The molecule has 2 aliphatic heterocycles. The molecule has 2 aliphatic rings. The van der Waals surface area contributed by atoms with Gasteiger partial charge in [0.25, 0.3) is 5.91 Å². The number of benzene rings is 1. The molecule has 0 radical (unpaired) electrons. The molecule has 110 valence electrons. The third-order valence-electron chi connectivity index (χ3n) is 3.80. The van der Waals surface area contributed by atoms with Gasteiger partial charge in [-0.3, -0.25) is 10.1 Å². The van der Waals surface area contributed by atoms with Crippen LogP contribution >= 0.6 is 0 Å². The van der Waals surface area contributed by atoms with E-state index < -0.39 is 11.9 Å². The number of rotatable bonds is 2. The SMILES string of the molecule is Cc1cc(N2CCCC2)c(F)cc1C=C1NC(=O)NC1=O. The van der Waals surface area contributed by atoms with Crippen molar-refractivity contribution in [1.82, 2.24) is 10.6 Å². The van der Waals surface area contributed by atoms with Crippen molar-refractivity contribution in [2.24, 2.45) is 0 Å². The Morgan fingerprint density at radius 2 is 1.90 bits per heavy atom. The van der Waals surface area contributed by atoms with Crippen LogP contribution in [-0.4, -0.2) is 25.0 Å². The summed E-state index contributed by atoms with van der Waals surface area (Å²) >= 11 is 0. The minimum absolute atomic E-state index is 0.136. The first-order chi connectivity index (χ1) is 10.0. The van der Waals surface area contributed by atoms with E-state index in [1.165, 1.54) is 12.1 Å². The first-order valence-corrected chi connectivity index (χ1v) is 6.94. The summed E-state index contributed by atoms with van der Waals surface area (Å²) in [7, 11) is 0. The van der Waals surface area contributed by atoms with Crippen molar-refractivity contribution < 1.29 is 14.0 Å². The summed E-state index contributed by atoms with van der Waals surface area (Å²) in [5.41, 5.74) is 2.19. The van der Waals surface area contributed by atoms with Gasteiger partial charge in [0.05, 0.1) is 5.69 Å². The molecule has 6 heteroatoms. The lowest BCUT2D eigenvalue weighted by molar-refractivity contribution is -0.115. The largest absolute Gasteiger partial charge is 0.369 e. The van der Waals surface area contributed by atoms with E-state index in [0.717, 1.165) is 31.5 Å². The van der Waals surface area contributed by atoms with E-state index in [0.29, 0.717) is 11.3 Å². The van der Waals surface area contributed by atoms with E-state index in [1.54, 1.807) is 6.07 Å². The molecular formula is C15H16FN3O2. The van der Waals surface area contributed by atoms with Crippen LogP contribution in [0.15, 0.2) is 17.8 Å². The Labute approximate surface area is 121 Å². The number of imide groups is 1. The fourth-order valence-corrected chi connectivity index (χ4v) is 2.68. The van der Waals surface area contributed by atoms with Crippen LogP contribution in [0.5, 0.6) is 0 Å². The molecule has 3 rings (SSSR count). The number of halogens is 1. The number of urea groups is 1. The smallest absolute Gasteiger partial charge is 0.326 e. The molecule has 0 saturated carbocycles. The van der Waals surface area contributed by atoms with Gasteiger partial charge in [-0.15, -0.1) is 0 Å². The van der Waals surface area contributed by atoms with Gasteiger partial charge in [0, 0.05) is 13.1 Å². The number of carbonyl (C=O) groups is 2. The highest BCUT2D eigenvalue weighted by molar-refractivity contribution is 6.14. The Hall–Kier alpha value is -2.37. The van der Waals surface area contributed by atoms with Crippen LogP contribution in [0, 0.1) is 12.7 Å². The quantitative estimate of drug-likeness (QED) is 0.646. The fraction of sp³-hybridized carbons (Fsp3) is 0.333. The summed E-state index contributed by atoms with van der Waals surface area (Å²) in [5, 5.41) is 4.52. The fourth-order valence-electron chi connectivity index (χ4n) is 2.68. The van der Waals surface area contributed by atoms with Crippen LogP contribution in [0.1, 0.15) is 24.0 Å². The van der Waals surface area contributed by atoms with Crippen LogP contribution in [0.4, 0.5) is 14.9 Å². The highest BCUT2D eigenvalue weighted by Crippen LogP contribution is 2.27. The summed E-state index contributed by atoms with van der Waals surface area (Å²) in [6.45, 7) is 3.60. The van der Waals surface area contributed by atoms with Gasteiger partial charge >= 0.3 is 6.03 Å². The molecule has 0 atom stereocenters. The summed E-state index contributed by atoms with van der Waals surface area (Å²) in [6, 6.07) is 2.65. The van der Waals surface area contributed by atoms with E-state index in [4.69, 9.17) is 0 Å². The third kappa shape index (κ3) is 2.61. The number of anilines is 1. The van der Waals surface area contributed by atoms with Crippen molar-refractivity contribution in [1.29, 1.82) is 0 Å². The number of amides is 3. The number of hydrogen-bond acceptors (Lipinski definition) is 3. The van der Waals surface area contributed by atoms with Gasteiger partial charge in [-0.1, -0.05) is 0 Å². The van der Waals surface area contributed by atoms with E-state index in [2.05, 4.69) is 10.6 Å². The zero-order valence-corrected chi connectivity index (χ0v) is 11.7. The zero-order valence-electron chi connectivity index (χ0n) is 11.7. The van der Waals surface area contributed by atoms with E-state index in [-0.39, 0.29) is 11.5 Å². The highest BCUT2D eigenvalue weighted by Gasteiger charge is 2.23. The topological polar surface area (TPSA) is 61.4 Å². The molecule has 1 aromatic carbocycles. The number of aryl methyl sites for hydroxylation is 1. The molecule has 0 aromatic heterocycles. The number of carbonyl (C=O) groups excluding carboxylic acids is 2. The lowest BCUT2D eigenvalue weighted by Gasteiger charge is -2.19. The molecule has 1 aromatic rings. The number of nitrogens with zero attached hydrogens (tertiary/aromatic N) is 1. The van der Waals surface area contributed by atoms with Gasteiger partial charge in [-0.25, -0.2) is 9.18 Å². The molecule has 2 saturated heterocycles. The number of hydrogen-bond donors (Lipinski definition) is 2. The number of nitrogens with one attached hydrogen (secondary N) is 2. The van der Waals surface area contributed by atoms with Gasteiger partial charge in [0.2, 0.25) is 0 Å². The Morgan fingerprint density at radius 3 is 2.52 bits per heavy atom. The summed E-state index contributed by atoms with van der Waals surface area (Å²) in [6.07, 6.45) is 3.65. The van der Waals surface area contributed by atoms with E-state index in [1.807, 2.05) is 11.8 Å². The summed E-state index contributed by atoms with van der Waals surface area (Å²) < 4.78 is 14.3. The minimum Gasteiger partial charge on any atom is -0.369 e. The lowest BCUT2D eigenvalue weighted by atomic mass is 10.1. The third-order valence-corrected chi connectivity index (χ3v) is 3.80. The predicted octanol–water partition coefficient (Wildman–Crippen LogP) is 1.91. The maximum absolute atomic E-state index is 14.3. The van der Waals surface area contributed by atoms with Crippen molar-refractivity contribution in [2.45, 2.75) is 19.8 Å². The maximum atomic E-state index is 14.3. The average molecular weight is 289 g/mol. The van der Waals surface area contributed by atoms with Crippen LogP contribution in [0.2, 0.25) is 0 Å². The Bertz CT molecular complexity index is 649. The highest BCUT2D eigenvalue weighted by atomic mass is 19.1. The molecule has 5 nitrogen and oxygen atoms in total. The van der Waals surface area contributed by atoms with Crippen LogP contribution in [-0.2, 0) is 4.79 Å². The van der Waals surface area contributed by atoms with Gasteiger partial charge in [-0.2, -0.15) is 0 Å². The second kappa shape index (κ2) is 5.20. The zero-order chi connectivity index (χ0) is 15.0. The second-order valence-corrected chi connectivity index (χ2v) is 5.32. The molecule has 0 bridgehead atoms. The van der Waals surface area contributed by atoms with Crippen molar-refractivity contribution in [3.63, 3.8) is 0 Å². The maximum Gasteiger partial charge on any atom is 0.326 e. The molecule has 0 spiro atoms. The normalized spacial score (nSPS) is 20.1. The first kappa shape index (κ1) is 13.6. The molecule has 2 fully saturated rings. The molecular weight excluding hydrogens is 273 g/mol. The molecule has 0 aliphatic carbocycles. The summed E-state index contributed by atoms with van der Waals surface area (Å²) in [5.74, 6) is -0.803. The van der Waals surface area contributed by atoms with Gasteiger partial charge in [-0.05, 0) is 49.1 Å². The van der Waals surface area contributed by atoms with Crippen molar-refractivity contribution in [3.05, 3.63) is 34.8 Å². The van der Waals surface area contributed by atoms with E-state index >= 15 is 0 Å². The van der Waals surface area contributed by atoms with Crippen LogP contribution in [0.25, 0.3) is 6.08 Å². The molecule has 2 N–H and O–H groups in total. The van der Waals surface area contributed by atoms with Gasteiger partial charge < -0.3 is 10.2 Å². The standard InChI is InChI=1S/C15H16FN3O2/c1-9-6-13(19-4-2-3-5-19)11(16)7-10(9)8-12-14(20)18-15(21)17-12/h6-8H,2-5H2,1H3,(H2,17,18,20,21). The monoisotopic (exact) mass is 289 g/mol. The molecule has 0 unspecified atom stereocenters. The van der Waals surface area contributed by atoms with Crippen molar-refractivity contribution >= 4 is 23.7 Å². The molecule has 21 heavy (non-hydrogen) atoms. The van der Waals surface area contributed by atoms with Crippen molar-refractivity contribution in [3.8, 4) is 0 Å². The van der Waals surface area contributed by atoms with Crippen molar-refractivity contribution in [2.75, 3.05) is 18.0 Å². The Morgan fingerprint density at radius 1 is 1.19 bits per heavy atom. The first-order valence-electron chi connectivity index (χ1n) is 6.94.